The van der Waals surface area contributed by atoms with Gasteiger partial charge in [0.25, 0.3) is 17.7 Å². The van der Waals surface area contributed by atoms with E-state index in [4.69, 9.17) is 4.98 Å². The molecular formula is C26H27F2N7O3S. The number of anilines is 1. The smallest absolute Gasteiger partial charge is 0.261 e. The number of rotatable bonds is 8. The Morgan fingerprint density at radius 1 is 1.23 bits per heavy atom. The van der Waals surface area contributed by atoms with Crippen molar-refractivity contribution < 1.29 is 23.2 Å². The summed E-state index contributed by atoms with van der Waals surface area (Å²) in [6.45, 7) is 1.55. The molecule has 0 unspecified atom stereocenters. The van der Waals surface area contributed by atoms with Gasteiger partial charge in [-0.2, -0.15) is 9.61 Å². The van der Waals surface area contributed by atoms with Crippen molar-refractivity contribution in [3.63, 3.8) is 0 Å². The van der Waals surface area contributed by atoms with Gasteiger partial charge in [-0.1, -0.05) is 0 Å². The normalized spacial score (nSPS) is 20.5. The van der Waals surface area contributed by atoms with Crippen LogP contribution in [0.5, 0.6) is 0 Å². The fourth-order valence-electron chi connectivity index (χ4n) is 4.67. The minimum absolute atomic E-state index is 0.0106. The first-order chi connectivity index (χ1) is 18.7. The zero-order valence-corrected chi connectivity index (χ0v) is 21.8. The van der Waals surface area contributed by atoms with Gasteiger partial charge < -0.3 is 15.5 Å². The van der Waals surface area contributed by atoms with E-state index in [-0.39, 0.29) is 31.1 Å². The molecule has 0 radical (unpaired) electrons. The molecule has 13 heteroatoms. The molecule has 10 nitrogen and oxygen atoms in total. The van der Waals surface area contributed by atoms with E-state index < -0.39 is 11.8 Å². The Balaban J connectivity index is 1.20. The van der Waals surface area contributed by atoms with Crippen molar-refractivity contribution in [2.45, 2.75) is 44.1 Å². The molecule has 6 rings (SSSR count). The zero-order valence-electron chi connectivity index (χ0n) is 21.0. The second-order valence-corrected chi connectivity index (χ2v) is 11.2. The third kappa shape index (κ3) is 5.69. The van der Waals surface area contributed by atoms with Gasteiger partial charge in [0.2, 0.25) is 5.91 Å². The predicted octanol–water partition coefficient (Wildman–Crippen LogP) is 2.92. The number of carbonyl (C=O) groups is 3. The van der Waals surface area contributed by atoms with Crippen LogP contribution in [0.15, 0.2) is 30.0 Å². The summed E-state index contributed by atoms with van der Waals surface area (Å²) in [5.74, 6) is -2.82. The Labute approximate surface area is 226 Å². The molecule has 0 spiro atoms. The average molecular weight is 556 g/mol. The molecule has 1 saturated carbocycles. The maximum Gasteiger partial charge on any atom is 0.261 e. The third-order valence-electron chi connectivity index (χ3n) is 7.04. The van der Waals surface area contributed by atoms with Crippen LogP contribution in [-0.2, 0) is 9.59 Å². The summed E-state index contributed by atoms with van der Waals surface area (Å²) >= 11 is 1.30. The van der Waals surface area contributed by atoms with Crippen molar-refractivity contribution in [1.82, 2.24) is 30.1 Å². The topological polar surface area (TPSA) is 121 Å². The number of imide groups is 1. The third-order valence-corrected chi connectivity index (χ3v) is 8.14. The highest BCUT2D eigenvalue weighted by molar-refractivity contribution is 7.17. The summed E-state index contributed by atoms with van der Waals surface area (Å²) in [4.78, 5) is 44.5. The number of halogens is 2. The lowest BCUT2D eigenvalue weighted by Gasteiger charge is -2.31. The Bertz CT molecular complexity index is 1480. The Morgan fingerprint density at radius 3 is 2.74 bits per heavy atom. The molecule has 3 aliphatic rings. The second kappa shape index (κ2) is 10.1. The number of hydrogen-bond donors (Lipinski definition) is 3. The van der Waals surface area contributed by atoms with Crippen LogP contribution in [0, 0.1) is 0 Å². The number of hydrogen-bond acceptors (Lipinski definition) is 8. The largest absolute Gasteiger partial charge is 0.367 e. The number of nitrogens with zero attached hydrogens (tertiary/aromatic N) is 4. The van der Waals surface area contributed by atoms with Crippen LogP contribution in [0.1, 0.15) is 47.3 Å². The maximum atomic E-state index is 13.4. The summed E-state index contributed by atoms with van der Waals surface area (Å²) in [6, 6.07) is 5.82. The van der Waals surface area contributed by atoms with Gasteiger partial charge in [-0.05, 0) is 31.1 Å². The van der Waals surface area contributed by atoms with E-state index in [9.17, 15) is 23.2 Å². The number of aromatic nitrogens is 3. The molecular weight excluding hydrogens is 528 g/mol. The molecule has 3 fully saturated rings. The van der Waals surface area contributed by atoms with E-state index >= 15 is 0 Å². The molecule has 0 atom stereocenters. The van der Waals surface area contributed by atoms with Crippen molar-refractivity contribution in [2.24, 2.45) is 0 Å². The number of likely N-dealkylation sites (tertiary alicyclic amines) is 1. The monoisotopic (exact) mass is 555 g/mol. The minimum Gasteiger partial charge on any atom is -0.367 e. The first-order valence-corrected chi connectivity index (χ1v) is 13.7. The van der Waals surface area contributed by atoms with E-state index in [1.807, 2.05) is 17.0 Å². The van der Waals surface area contributed by atoms with E-state index in [0.29, 0.717) is 59.6 Å². The molecule has 3 amide bonds. The number of carbonyl (C=O) groups excluding carboxylic acids is 3. The molecule has 5 heterocycles. The van der Waals surface area contributed by atoms with Gasteiger partial charge >= 0.3 is 0 Å². The zero-order chi connectivity index (χ0) is 27.1. The van der Waals surface area contributed by atoms with Crippen molar-refractivity contribution in [3.05, 3.63) is 40.4 Å². The molecule has 1 aliphatic carbocycles. The number of alkyl halides is 2. The molecule has 0 aromatic carbocycles. The fourth-order valence-corrected chi connectivity index (χ4v) is 5.56. The maximum absolute atomic E-state index is 13.4. The minimum atomic E-state index is -2.59. The van der Waals surface area contributed by atoms with E-state index in [1.54, 1.807) is 22.9 Å². The van der Waals surface area contributed by atoms with Crippen molar-refractivity contribution in [3.8, 4) is 10.6 Å². The molecule has 2 saturated heterocycles. The summed E-state index contributed by atoms with van der Waals surface area (Å²) in [5.41, 5.74) is 2.14. The predicted molar refractivity (Wildman–Crippen MR) is 142 cm³/mol. The van der Waals surface area contributed by atoms with Crippen LogP contribution in [-0.4, -0.2) is 75.4 Å². The summed E-state index contributed by atoms with van der Waals surface area (Å²) < 4.78 is 28.4. The number of thiophene rings is 1. The van der Waals surface area contributed by atoms with Crippen molar-refractivity contribution >= 4 is 46.6 Å². The summed E-state index contributed by atoms with van der Waals surface area (Å²) in [6.07, 6.45) is 5.08. The van der Waals surface area contributed by atoms with Crippen molar-refractivity contribution in [2.75, 3.05) is 31.5 Å². The Morgan fingerprint density at radius 2 is 2.03 bits per heavy atom. The standard InChI is InChI=1S/C26H27F2N7O3S/c27-26(28)5-8-34(9-6-26)10-7-29-25(38)20-4-3-19(39-20)18-13-21(31-17-1-2-17)35-23(32-18)16(14-30-35)11-15-12-22(36)33-24(15)37/h3-4,11,13-14,17,31H,1-2,5-10,12H2,(H,29,38)(H,33,36,37)/b15-11+. The number of fused-ring (bicyclic) bond motifs is 1. The van der Waals surface area contributed by atoms with Gasteiger partial charge in [0.1, 0.15) is 5.82 Å². The highest BCUT2D eigenvalue weighted by Gasteiger charge is 2.33. The molecule has 3 aromatic heterocycles. The Kier molecular flexibility index (Phi) is 6.63. The van der Waals surface area contributed by atoms with E-state index in [2.05, 4.69) is 21.0 Å². The highest BCUT2D eigenvalue weighted by Crippen LogP contribution is 2.33. The quantitative estimate of drug-likeness (QED) is 0.289. The number of nitrogens with one attached hydrogen (secondary N) is 3. The van der Waals surface area contributed by atoms with Crippen LogP contribution < -0.4 is 16.0 Å². The summed E-state index contributed by atoms with van der Waals surface area (Å²) in [7, 11) is 0. The molecule has 39 heavy (non-hydrogen) atoms. The molecule has 2 aliphatic heterocycles. The van der Waals surface area contributed by atoms with Crippen LogP contribution in [0.3, 0.4) is 0 Å². The SMILES string of the molecule is O=C1C/C(=C\c2cnn3c(NC4CC4)cc(-c4ccc(C(=O)NCCN5CCC(F)(F)CC5)s4)nc23)C(=O)N1. The van der Waals surface area contributed by atoms with Crippen LogP contribution in [0.25, 0.3) is 22.3 Å². The molecule has 3 aromatic rings. The lowest BCUT2D eigenvalue weighted by atomic mass is 10.1. The van der Waals surface area contributed by atoms with E-state index in [0.717, 1.165) is 23.5 Å². The van der Waals surface area contributed by atoms with Crippen LogP contribution in [0.4, 0.5) is 14.6 Å². The van der Waals surface area contributed by atoms with Gasteiger partial charge in [0, 0.05) is 62.3 Å². The van der Waals surface area contributed by atoms with Gasteiger partial charge in [-0.25, -0.2) is 13.8 Å². The Hall–Kier alpha value is -3.71. The van der Waals surface area contributed by atoms with Gasteiger partial charge in [-0.3, -0.25) is 19.7 Å². The van der Waals surface area contributed by atoms with Crippen LogP contribution in [0.2, 0.25) is 0 Å². The lowest BCUT2D eigenvalue weighted by Crippen LogP contribution is -2.42. The first-order valence-electron chi connectivity index (χ1n) is 12.9. The molecule has 3 N–H and O–H groups in total. The van der Waals surface area contributed by atoms with E-state index in [1.165, 1.54) is 11.3 Å². The summed E-state index contributed by atoms with van der Waals surface area (Å²) in [5, 5.41) is 13.1. The van der Waals surface area contributed by atoms with Crippen molar-refractivity contribution in [1.29, 1.82) is 0 Å². The van der Waals surface area contributed by atoms with Crippen LogP contribution >= 0.6 is 11.3 Å². The second-order valence-electron chi connectivity index (χ2n) is 10.1. The lowest BCUT2D eigenvalue weighted by molar-refractivity contribution is -0.124. The average Bonchev–Trinajstić information content (AvgIpc) is 3.27. The number of piperidine rings is 1. The number of amides is 3. The van der Waals surface area contributed by atoms with Gasteiger partial charge in [-0.15, -0.1) is 11.3 Å². The highest BCUT2D eigenvalue weighted by atomic mass is 32.1. The van der Waals surface area contributed by atoms with Gasteiger partial charge in [0.15, 0.2) is 5.65 Å². The molecule has 0 bridgehead atoms. The molecule has 204 valence electrons. The fraction of sp³-hybridized carbons (Fsp3) is 0.423. The van der Waals surface area contributed by atoms with Gasteiger partial charge in [0.05, 0.1) is 28.1 Å². The first kappa shape index (κ1) is 25.6.